The monoisotopic (exact) mass is 367 g/mol. The molecule has 146 valence electrons. The smallest absolute Gasteiger partial charge is 0.217 e. The second kappa shape index (κ2) is 8.20. The van der Waals surface area contributed by atoms with Gasteiger partial charge in [-0.05, 0) is 6.92 Å². The molecule has 2 fully saturated rings. The first-order chi connectivity index (χ1) is 11.6. The van der Waals surface area contributed by atoms with Crippen molar-refractivity contribution in [3.8, 4) is 0 Å². The third-order valence-electron chi connectivity index (χ3n) is 4.32. The number of carbonyl (C=O) groups is 1. The van der Waals surface area contributed by atoms with E-state index in [0.717, 1.165) is 0 Å². The lowest BCUT2D eigenvalue weighted by Crippen LogP contribution is -2.64. The second-order valence-electron chi connectivity index (χ2n) is 6.29. The van der Waals surface area contributed by atoms with Gasteiger partial charge in [0.05, 0.1) is 12.7 Å². The van der Waals surface area contributed by atoms with Gasteiger partial charge in [-0.3, -0.25) is 4.79 Å². The second-order valence-corrected chi connectivity index (χ2v) is 6.29. The van der Waals surface area contributed by atoms with Crippen LogP contribution < -0.4 is 5.32 Å². The third-order valence-corrected chi connectivity index (χ3v) is 4.32. The van der Waals surface area contributed by atoms with Gasteiger partial charge in [-0.15, -0.1) is 0 Å². The molecule has 11 nitrogen and oxygen atoms in total. The zero-order valence-corrected chi connectivity index (χ0v) is 13.8. The van der Waals surface area contributed by atoms with E-state index >= 15 is 0 Å². The molecule has 0 aromatic heterocycles. The summed E-state index contributed by atoms with van der Waals surface area (Å²) in [5, 5.41) is 61.4. The van der Waals surface area contributed by atoms with E-state index in [2.05, 4.69) is 5.32 Å². The van der Waals surface area contributed by atoms with Crippen LogP contribution in [0.25, 0.3) is 0 Å². The highest BCUT2D eigenvalue weighted by Crippen LogP contribution is 2.24. The fourth-order valence-electron chi connectivity index (χ4n) is 2.82. The molecule has 2 aliphatic heterocycles. The minimum atomic E-state index is -1.58. The average Bonchev–Trinajstić information content (AvgIpc) is 2.55. The number of hydrogen-bond donors (Lipinski definition) is 7. The maximum atomic E-state index is 11.1. The highest BCUT2D eigenvalue weighted by Gasteiger charge is 2.46. The fraction of sp³-hybridized carbons (Fsp3) is 0.929. The first-order valence-corrected chi connectivity index (χ1v) is 7.91. The van der Waals surface area contributed by atoms with Crippen molar-refractivity contribution in [3.05, 3.63) is 0 Å². The van der Waals surface area contributed by atoms with Crippen molar-refractivity contribution >= 4 is 5.91 Å². The number of rotatable bonds is 4. The highest BCUT2D eigenvalue weighted by molar-refractivity contribution is 5.73. The number of aliphatic hydroxyl groups is 6. The van der Waals surface area contributed by atoms with Crippen molar-refractivity contribution in [1.29, 1.82) is 0 Å². The average molecular weight is 367 g/mol. The minimum absolute atomic E-state index is 0.390. The molecule has 0 spiro atoms. The van der Waals surface area contributed by atoms with Crippen LogP contribution in [0, 0.1) is 0 Å². The molecule has 0 unspecified atom stereocenters. The van der Waals surface area contributed by atoms with Crippen molar-refractivity contribution in [1.82, 2.24) is 5.32 Å². The Morgan fingerprint density at radius 2 is 1.60 bits per heavy atom. The van der Waals surface area contributed by atoms with E-state index in [1.807, 2.05) is 0 Å². The molecule has 0 bridgehead atoms. The Labute approximate surface area is 143 Å². The molecule has 0 saturated carbocycles. The van der Waals surface area contributed by atoms with Crippen molar-refractivity contribution in [2.75, 3.05) is 6.61 Å². The molecular weight excluding hydrogens is 342 g/mol. The summed E-state index contributed by atoms with van der Waals surface area (Å²) in [6.45, 7) is 2.27. The molecule has 7 N–H and O–H groups in total. The van der Waals surface area contributed by atoms with E-state index in [9.17, 15) is 35.4 Å². The number of nitrogens with one attached hydrogen (secondary N) is 1. The van der Waals surface area contributed by atoms with E-state index in [0.29, 0.717) is 0 Å². The zero-order valence-electron chi connectivity index (χ0n) is 13.8. The van der Waals surface area contributed by atoms with Crippen LogP contribution in [0.4, 0.5) is 0 Å². The van der Waals surface area contributed by atoms with E-state index in [1.54, 1.807) is 0 Å². The number of carbonyl (C=O) groups excluding carboxylic acids is 1. The Bertz CT molecular complexity index is 465. The number of amides is 1. The van der Waals surface area contributed by atoms with Crippen LogP contribution in [0.1, 0.15) is 13.8 Å². The van der Waals surface area contributed by atoms with Gasteiger partial charge in [0, 0.05) is 6.92 Å². The van der Waals surface area contributed by atoms with E-state index < -0.39 is 67.3 Å². The molecule has 2 rings (SSSR count). The largest absolute Gasteiger partial charge is 0.388 e. The molecule has 10 atom stereocenters. The summed E-state index contributed by atoms with van der Waals surface area (Å²) in [7, 11) is 0. The Balaban J connectivity index is 1.94. The lowest BCUT2D eigenvalue weighted by atomic mass is 9.97. The molecule has 0 radical (unpaired) electrons. The van der Waals surface area contributed by atoms with Crippen LogP contribution in [0.3, 0.4) is 0 Å². The topological polar surface area (TPSA) is 178 Å². The maximum Gasteiger partial charge on any atom is 0.217 e. The summed E-state index contributed by atoms with van der Waals surface area (Å²) in [6.07, 6.45) is -12.2. The summed E-state index contributed by atoms with van der Waals surface area (Å²) < 4.78 is 15.6. The minimum Gasteiger partial charge on any atom is -0.388 e. The van der Waals surface area contributed by atoms with Crippen LogP contribution in [0.5, 0.6) is 0 Å². The van der Waals surface area contributed by atoms with Gasteiger partial charge in [-0.25, -0.2) is 0 Å². The molecule has 2 aliphatic rings. The Kier molecular flexibility index (Phi) is 6.70. The van der Waals surface area contributed by atoms with Crippen molar-refractivity contribution in [2.24, 2.45) is 0 Å². The van der Waals surface area contributed by atoms with E-state index in [4.69, 9.17) is 14.2 Å². The predicted molar refractivity (Wildman–Crippen MR) is 78.8 cm³/mol. The van der Waals surface area contributed by atoms with Gasteiger partial charge < -0.3 is 50.2 Å². The highest BCUT2D eigenvalue weighted by atomic mass is 16.7. The first kappa shape index (κ1) is 20.4. The van der Waals surface area contributed by atoms with Crippen molar-refractivity contribution < 1.29 is 49.6 Å². The van der Waals surface area contributed by atoms with Crippen LogP contribution in [-0.2, 0) is 19.0 Å². The standard InChI is InChI=1S/C14H25NO10/c1-4-8(17)11(20)12(21)14(24-4)23-3-6-9(18)10(19)7(13(22)25-6)15-5(2)16/h4,6-14,17-22H,3H2,1-2H3,(H,15,16)/t4-,6+,7+,8-,9-,10+,11+,12-,13-,14-/m1/s1. The van der Waals surface area contributed by atoms with E-state index in [1.165, 1.54) is 13.8 Å². The lowest BCUT2D eigenvalue weighted by Gasteiger charge is -2.42. The summed E-state index contributed by atoms with van der Waals surface area (Å²) in [5.74, 6) is -0.520. The summed E-state index contributed by atoms with van der Waals surface area (Å²) in [4.78, 5) is 11.1. The van der Waals surface area contributed by atoms with Crippen molar-refractivity contribution in [2.45, 2.75) is 75.2 Å². The van der Waals surface area contributed by atoms with Gasteiger partial charge in [0.1, 0.15) is 42.7 Å². The normalized spacial score (nSPS) is 48.2. The van der Waals surface area contributed by atoms with E-state index in [-0.39, 0.29) is 6.61 Å². The SMILES string of the molecule is CC(=O)N[C@H]1[C@H](O)[C@H](O)[C@H](CO[C@@H]2O[C@H](C)[C@@H](O)[C@H](O)[C@H]2O)O[C@H]1O. The maximum absolute atomic E-state index is 11.1. The van der Waals surface area contributed by atoms with Crippen LogP contribution >= 0.6 is 0 Å². The number of aliphatic hydroxyl groups excluding tert-OH is 6. The predicted octanol–water partition coefficient (Wildman–Crippen LogP) is -4.23. The fourth-order valence-corrected chi connectivity index (χ4v) is 2.82. The molecule has 0 aromatic carbocycles. The van der Waals surface area contributed by atoms with Crippen LogP contribution in [0.2, 0.25) is 0 Å². The van der Waals surface area contributed by atoms with Gasteiger partial charge in [0.25, 0.3) is 0 Å². The quantitative estimate of drug-likeness (QED) is 0.257. The number of ether oxygens (including phenoxy) is 3. The van der Waals surface area contributed by atoms with Gasteiger partial charge >= 0.3 is 0 Å². The lowest BCUT2D eigenvalue weighted by molar-refractivity contribution is -0.313. The summed E-state index contributed by atoms with van der Waals surface area (Å²) in [6, 6.07) is -1.21. The summed E-state index contributed by atoms with van der Waals surface area (Å²) >= 11 is 0. The van der Waals surface area contributed by atoms with Crippen LogP contribution in [0.15, 0.2) is 0 Å². The Morgan fingerprint density at radius 1 is 0.960 bits per heavy atom. The van der Waals surface area contributed by atoms with Gasteiger partial charge in [-0.2, -0.15) is 0 Å². The van der Waals surface area contributed by atoms with Gasteiger partial charge in [0.2, 0.25) is 5.91 Å². The molecule has 2 heterocycles. The Hall–Kier alpha value is -0.890. The Morgan fingerprint density at radius 3 is 2.20 bits per heavy atom. The molecule has 2 saturated heterocycles. The molecule has 0 aliphatic carbocycles. The number of hydrogen-bond acceptors (Lipinski definition) is 10. The van der Waals surface area contributed by atoms with Gasteiger partial charge in [0.15, 0.2) is 12.6 Å². The molecule has 11 heteroatoms. The zero-order chi connectivity index (χ0) is 18.9. The molecule has 0 aromatic rings. The summed E-state index contributed by atoms with van der Waals surface area (Å²) in [5.41, 5.74) is 0. The molecule has 25 heavy (non-hydrogen) atoms. The van der Waals surface area contributed by atoms with Crippen molar-refractivity contribution in [3.63, 3.8) is 0 Å². The third kappa shape index (κ3) is 4.45. The van der Waals surface area contributed by atoms with Crippen LogP contribution in [-0.4, -0.2) is 105 Å². The first-order valence-electron chi connectivity index (χ1n) is 7.91. The molecule has 1 amide bonds. The van der Waals surface area contributed by atoms with Gasteiger partial charge in [-0.1, -0.05) is 0 Å². The molecular formula is C14H25NO10.